The van der Waals surface area contributed by atoms with Crippen LogP contribution < -0.4 is 5.32 Å². The molecule has 0 aliphatic carbocycles. The van der Waals surface area contributed by atoms with Crippen LogP contribution in [0.4, 0.5) is 0 Å². The van der Waals surface area contributed by atoms with Crippen LogP contribution in [0.3, 0.4) is 0 Å². The molecule has 7 heteroatoms. The van der Waals surface area contributed by atoms with E-state index in [1.165, 1.54) is 36.9 Å². The molecule has 3 heterocycles. The first kappa shape index (κ1) is 25.0. The second kappa shape index (κ2) is 12.0. The van der Waals surface area contributed by atoms with Crippen LogP contribution in [0.2, 0.25) is 0 Å². The van der Waals surface area contributed by atoms with E-state index in [4.69, 9.17) is 4.52 Å². The van der Waals surface area contributed by atoms with Crippen molar-refractivity contribution in [2.24, 2.45) is 10.9 Å². The van der Waals surface area contributed by atoms with Crippen LogP contribution in [-0.2, 0) is 13.0 Å². The van der Waals surface area contributed by atoms with Gasteiger partial charge >= 0.3 is 0 Å². The van der Waals surface area contributed by atoms with Gasteiger partial charge in [0, 0.05) is 44.8 Å². The molecule has 2 saturated heterocycles. The molecule has 1 aromatic heterocycles. The standard InChI is InChI=1S/C25H37N5O.HI/c1-19-23(20(2)31-28-19)12-7-14-27-25(26-3)30-16-13-24-22(18-30)11-8-15-29(24)17-21-9-5-4-6-10-21;/h4-6,9-10,22,24H,7-8,11-18H2,1-3H3,(H,26,27);1H. The van der Waals surface area contributed by atoms with Gasteiger partial charge < -0.3 is 14.7 Å². The van der Waals surface area contributed by atoms with Crippen LogP contribution in [0.1, 0.15) is 48.3 Å². The molecule has 2 atom stereocenters. The van der Waals surface area contributed by atoms with Crippen LogP contribution in [0.25, 0.3) is 0 Å². The van der Waals surface area contributed by atoms with Gasteiger partial charge in [-0.05, 0) is 64.0 Å². The van der Waals surface area contributed by atoms with Gasteiger partial charge in [0.25, 0.3) is 0 Å². The third-order valence-corrected chi connectivity index (χ3v) is 6.99. The zero-order valence-electron chi connectivity index (χ0n) is 19.7. The molecule has 176 valence electrons. The lowest BCUT2D eigenvalue weighted by molar-refractivity contribution is 0.0372. The third kappa shape index (κ3) is 6.04. The first-order chi connectivity index (χ1) is 15.2. The molecule has 2 aliphatic heterocycles. The number of piperidine rings is 2. The van der Waals surface area contributed by atoms with Gasteiger partial charge in [-0.2, -0.15) is 0 Å². The van der Waals surface area contributed by atoms with E-state index in [0.29, 0.717) is 6.04 Å². The van der Waals surface area contributed by atoms with Crippen molar-refractivity contribution < 1.29 is 4.52 Å². The number of guanidine groups is 1. The molecule has 1 N–H and O–H groups in total. The minimum absolute atomic E-state index is 0. The van der Waals surface area contributed by atoms with Crippen molar-refractivity contribution in [3.05, 3.63) is 52.9 Å². The second-order valence-electron chi connectivity index (χ2n) is 9.04. The molecule has 32 heavy (non-hydrogen) atoms. The molecule has 4 rings (SSSR count). The Labute approximate surface area is 209 Å². The largest absolute Gasteiger partial charge is 0.361 e. The average Bonchev–Trinajstić information content (AvgIpc) is 3.12. The summed E-state index contributed by atoms with van der Waals surface area (Å²) in [4.78, 5) is 9.79. The van der Waals surface area contributed by atoms with Gasteiger partial charge in [0.2, 0.25) is 0 Å². The van der Waals surface area contributed by atoms with Gasteiger partial charge in [0.15, 0.2) is 5.96 Å². The SMILES string of the molecule is CN=C(NCCCc1c(C)noc1C)N1CCC2C(CCCN2Cc2ccccc2)C1.I. The molecular weight excluding hydrogens is 513 g/mol. The van der Waals surface area contributed by atoms with Gasteiger partial charge in [-0.1, -0.05) is 35.5 Å². The highest BCUT2D eigenvalue weighted by atomic mass is 127. The molecule has 0 radical (unpaired) electrons. The summed E-state index contributed by atoms with van der Waals surface area (Å²) < 4.78 is 5.28. The molecule has 0 bridgehead atoms. The Morgan fingerprint density at radius 2 is 2.00 bits per heavy atom. The molecule has 2 fully saturated rings. The minimum atomic E-state index is 0. The van der Waals surface area contributed by atoms with Crippen molar-refractivity contribution in [3.63, 3.8) is 0 Å². The Balaban J connectivity index is 0.00000289. The van der Waals surface area contributed by atoms with E-state index in [2.05, 4.69) is 55.6 Å². The Hall–Kier alpha value is -1.61. The van der Waals surface area contributed by atoms with Gasteiger partial charge in [-0.15, -0.1) is 24.0 Å². The van der Waals surface area contributed by atoms with Gasteiger partial charge in [-0.25, -0.2) is 0 Å². The highest BCUT2D eigenvalue weighted by Crippen LogP contribution is 2.31. The number of nitrogens with zero attached hydrogens (tertiary/aromatic N) is 4. The summed E-state index contributed by atoms with van der Waals surface area (Å²) in [5, 5.41) is 7.66. The van der Waals surface area contributed by atoms with E-state index >= 15 is 0 Å². The summed E-state index contributed by atoms with van der Waals surface area (Å²) in [6, 6.07) is 11.6. The predicted molar refractivity (Wildman–Crippen MR) is 141 cm³/mol. The number of rotatable bonds is 6. The average molecular weight is 552 g/mol. The number of aliphatic imine (C=N–C) groups is 1. The van der Waals surface area contributed by atoms with E-state index in [1.807, 2.05) is 20.9 Å². The number of nitrogens with one attached hydrogen (secondary N) is 1. The molecule has 2 unspecified atom stereocenters. The van der Waals surface area contributed by atoms with Crippen molar-refractivity contribution in [3.8, 4) is 0 Å². The van der Waals surface area contributed by atoms with Gasteiger partial charge in [0.05, 0.1) is 5.69 Å². The van der Waals surface area contributed by atoms with Crippen LogP contribution >= 0.6 is 24.0 Å². The van der Waals surface area contributed by atoms with Crippen LogP contribution in [0.15, 0.2) is 39.8 Å². The first-order valence-corrected chi connectivity index (χ1v) is 11.8. The molecule has 0 saturated carbocycles. The lowest BCUT2D eigenvalue weighted by Gasteiger charge is -2.48. The molecule has 6 nitrogen and oxygen atoms in total. The second-order valence-corrected chi connectivity index (χ2v) is 9.04. The van der Waals surface area contributed by atoms with Crippen LogP contribution in [0.5, 0.6) is 0 Å². The van der Waals surface area contributed by atoms with E-state index in [1.54, 1.807) is 0 Å². The number of aromatic nitrogens is 1. The highest BCUT2D eigenvalue weighted by Gasteiger charge is 2.36. The van der Waals surface area contributed by atoms with E-state index in [9.17, 15) is 0 Å². The molecular formula is C25H38IN5O. The van der Waals surface area contributed by atoms with Crippen LogP contribution in [0, 0.1) is 19.8 Å². The molecule has 2 aromatic rings. The number of likely N-dealkylation sites (tertiary alicyclic amines) is 2. The maximum atomic E-state index is 5.28. The molecule has 0 spiro atoms. The fourth-order valence-electron chi connectivity index (χ4n) is 5.37. The van der Waals surface area contributed by atoms with E-state index in [-0.39, 0.29) is 24.0 Å². The Morgan fingerprint density at radius 3 is 2.72 bits per heavy atom. The maximum Gasteiger partial charge on any atom is 0.193 e. The number of hydrogen-bond donors (Lipinski definition) is 1. The summed E-state index contributed by atoms with van der Waals surface area (Å²) >= 11 is 0. The number of hydrogen-bond acceptors (Lipinski definition) is 4. The third-order valence-electron chi connectivity index (χ3n) is 6.99. The monoisotopic (exact) mass is 551 g/mol. The zero-order chi connectivity index (χ0) is 21.6. The Bertz CT molecular complexity index is 849. The quantitative estimate of drug-likeness (QED) is 0.250. The van der Waals surface area contributed by atoms with Gasteiger partial charge in [-0.3, -0.25) is 9.89 Å². The highest BCUT2D eigenvalue weighted by molar-refractivity contribution is 14.0. The molecule has 2 aliphatic rings. The Kier molecular flexibility index (Phi) is 9.40. The number of fused-ring (bicyclic) bond motifs is 1. The van der Waals surface area contributed by atoms with E-state index < -0.39 is 0 Å². The minimum Gasteiger partial charge on any atom is -0.361 e. The summed E-state index contributed by atoms with van der Waals surface area (Å²) in [7, 11) is 1.91. The van der Waals surface area contributed by atoms with Crippen molar-refractivity contribution >= 4 is 29.9 Å². The van der Waals surface area contributed by atoms with Crippen molar-refractivity contribution in [1.82, 2.24) is 20.3 Å². The fraction of sp³-hybridized carbons (Fsp3) is 0.600. The zero-order valence-corrected chi connectivity index (χ0v) is 22.0. The smallest absolute Gasteiger partial charge is 0.193 e. The van der Waals surface area contributed by atoms with Crippen molar-refractivity contribution in [1.29, 1.82) is 0 Å². The number of halogens is 1. The molecule has 1 aromatic carbocycles. The lowest BCUT2D eigenvalue weighted by Crippen LogP contribution is -2.56. The fourth-order valence-corrected chi connectivity index (χ4v) is 5.37. The lowest BCUT2D eigenvalue weighted by atomic mass is 9.83. The van der Waals surface area contributed by atoms with E-state index in [0.717, 1.165) is 62.4 Å². The summed E-state index contributed by atoms with van der Waals surface area (Å²) in [5.74, 6) is 2.73. The topological polar surface area (TPSA) is 56.9 Å². The summed E-state index contributed by atoms with van der Waals surface area (Å²) in [6.45, 7) is 9.43. The number of benzene rings is 1. The first-order valence-electron chi connectivity index (χ1n) is 11.8. The number of aryl methyl sites for hydroxylation is 2. The molecule has 0 amide bonds. The van der Waals surface area contributed by atoms with Crippen molar-refractivity contribution in [2.45, 2.75) is 58.5 Å². The Morgan fingerprint density at radius 1 is 1.19 bits per heavy atom. The maximum absolute atomic E-state index is 5.28. The van der Waals surface area contributed by atoms with Gasteiger partial charge in [0.1, 0.15) is 5.76 Å². The van der Waals surface area contributed by atoms with Crippen LogP contribution in [-0.4, -0.2) is 60.2 Å². The normalized spacial score (nSPS) is 21.7. The summed E-state index contributed by atoms with van der Waals surface area (Å²) in [6.07, 6.45) is 5.88. The van der Waals surface area contributed by atoms with Crippen molar-refractivity contribution in [2.75, 3.05) is 33.2 Å². The predicted octanol–water partition coefficient (Wildman–Crippen LogP) is 4.40. The summed E-state index contributed by atoms with van der Waals surface area (Å²) in [5.41, 5.74) is 3.70.